The van der Waals surface area contributed by atoms with Gasteiger partial charge in [0.2, 0.25) is 0 Å². The van der Waals surface area contributed by atoms with Crippen LogP contribution in [0.4, 0.5) is 5.69 Å². The molecule has 1 N–H and O–H groups in total. The Morgan fingerprint density at radius 3 is 2.58 bits per heavy atom. The van der Waals surface area contributed by atoms with Crippen molar-refractivity contribution in [1.82, 2.24) is 14.8 Å². The Morgan fingerprint density at radius 2 is 1.81 bits per heavy atom. The maximum Gasteiger partial charge on any atom is 0.334 e. The molecule has 8 nitrogen and oxygen atoms in total. The molecule has 2 saturated heterocycles. The molecule has 1 amide bonds. The largest absolute Gasteiger partial charge is 0.478 e. The van der Waals surface area contributed by atoms with Crippen LogP contribution in [-0.2, 0) is 11.2 Å². The predicted molar refractivity (Wildman–Crippen MR) is 137 cm³/mol. The average Bonchev–Trinajstić information content (AvgIpc) is 3.53. The number of carbonyl (C=O) groups is 2. The molecule has 1 atom stereocenters. The first-order valence-corrected chi connectivity index (χ1v) is 12.8. The quantitative estimate of drug-likeness (QED) is 0.713. The number of benzene rings is 1. The summed E-state index contributed by atoms with van der Waals surface area (Å²) in [7, 11) is 0. The van der Waals surface area contributed by atoms with E-state index < -0.39 is 5.97 Å². The number of fused-ring (bicyclic) bond motifs is 1. The van der Waals surface area contributed by atoms with Crippen molar-refractivity contribution in [2.45, 2.75) is 38.1 Å². The Hall–Kier alpha value is -3.68. The average molecular weight is 486 g/mol. The normalized spacial score (nSPS) is 22.6. The van der Waals surface area contributed by atoms with Crippen molar-refractivity contribution in [3.8, 4) is 0 Å². The highest BCUT2D eigenvalue weighted by molar-refractivity contribution is 5.94. The zero-order valence-corrected chi connectivity index (χ0v) is 20.3. The minimum atomic E-state index is -0.937. The molecule has 1 aromatic carbocycles. The number of rotatable bonds is 4. The van der Waals surface area contributed by atoms with Gasteiger partial charge in [-0.15, -0.1) is 0 Å². The molecule has 2 aromatic rings. The highest BCUT2D eigenvalue weighted by Crippen LogP contribution is 2.42. The van der Waals surface area contributed by atoms with E-state index in [0.29, 0.717) is 6.54 Å². The van der Waals surface area contributed by atoms with E-state index in [1.165, 1.54) is 23.9 Å². The number of carboxylic acids is 1. The number of aromatic nitrogens is 1. The molecule has 6 rings (SSSR count). The third kappa shape index (κ3) is 4.14. The number of nitrogens with zero attached hydrogens (tertiary/aromatic N) is 5. The van der Waals surface area contributed by atoms with Crippen LogP contribution in [0.5, 0.6) is 0 Å². The van der Waals surface area contributed by atoms with Gasteiger partial charge in [-0.25, -0.2) is 9.79 Å². The maximum absolute atomic E-state index is 13.5. The number of aliphatic carboxylic acids is 1. The van der Waals surface area contributed by atoms with E-state index in [0.717, 1.165) is 63.0 Å². The number of aliphatic imine (C=N–C) groups is 1. The maximum atomic E-state index is 13.5. The third-order valence-corrected chi connectivity index (χ3v) is 8.49. The SMILES string of the molecule is O=C(O)C1=CN=CN([C@@H]2CCc3ccc(C(=O)N4CCC5(CC4)CCN(c4ccncc4)C5)cc32)C1. The minimum Gasteiger partial charge on any atom is -0.478 e. The van der Waals surface area contributed by atoms with Crippen LogP contribution in [-0.4, -0.2) is 70.8 Å². The fourth-order valence-electron chi connectivity index (χ4n) is 6.34. The third-order valence-electron chi connectivity index (χ3n) is 8.49. The lowest BCUT2D eigenvalue weighted by Crippen LogP contribution is -2.44. The van der Waals surface area contributed by atoms with Crippen LogP contribution in [0.1, 0.15) is 53.2 Å². The molecule has 4 aliphatic rings. The molecule has 1 aromatic heterocycles. The van der Waals surface area contributed by atoms with E-state index in [-0.39, 0.29) is 22.9 Å². The van der Waals surface area contributed by atoms with Crippen LogP contribution in [0.2, 0.25) is 0 Å². The lowest BCUT2D eigenvalue weighted by atomic mass is 9.77. The lowest BCUT2D eigenvalue weighted by Gasteiger charge is -2.39. The Balaban J connectivity index is 1.12. The molecule has 0 bridgehead atoms. The standard InChI is InChI=1S/C28H31N5O3/c34-26(31-12-7-28(8-13-31)9-14-32(18-28)23-5-10-29-11-6-23)21-2-1-20-3-4-25(24(20)15-21)33-17-22(27(35)36)16-30-19-33/h1-2,5-6,10-11,15-16,19,25H,3-4,7-9,12-14,17-18H2,(H,35,36)/t25-/m1/s1. The molecule has 1 aliphatic carbocycles. The van der Waals surface area contributed by atoms with Gasteiger partial charge < -0.3 is 19.8 Å². The number of pyridine rings is 1. The molecule has 186 valence electrons. The van der Waals surface area contributed by atoms with Gasteiger partial charge in [0.1, 0.15) is 0 Å². The molecule has 0 saturated carbocycles. The van der Waals surface area contributed by atoms with Gasteiger partial charge in [0.15, 0.2) is 0 Å². The number of amides is 1. The van der Waals surface area contributed by atoms with Gasteiger partial charge in [0.25, 0.3) is 5.91 Å². The minimum absolute atomic E-state index is 0.0434. The highest BCUT2D eigenvalue weighted by atomic mass is 16.4. The van der Waals surface area contributed by atoms with Crippen LogP contribution >= 0.6 is 0 Å². The van der Waals surface area contributed by atoms with E-state index in [1.54, 1.807) is 6.34 Å². The second-order valence-electron chi connectivity index (χ2n) is 10.5. The number of anilines is 1. The number of carboxylic acid groups (broad SMARTS) is 1. The van der Waals surface area contributed by atoms with Crippen molar-refractivity contribution in [3.05, 3.63) is 71.2 Å². The van der Waals surface area contributed by atoms with Crippen molar-refractivity contribution >= 4 is 23.9 Å². The zero-order chi connectivity index (χ0) is 24.7. The molecular formula is C28H31N5O3. The summed E-state index contributed by atoms with van der Waals surface area (Å²) in [5.41, 5.74) is 4.89. The topological polar surface area (TPSA) is 89.3 Å². The number of likely N-dealkylation sites (tertiary alicyclic amines) is 1. The first-order valence-electron chi connectivity index (χ1n) is 12.8. The predicted octanol–water partition coefficient (Wildman–Crippen LogP) is 3.51. The van der Waals surface area contributed by atoms with Crippen molar-refractivity contribution in [1.29, 1.82) is 0 Å². The van der Waals surface area contributed by atoms with Crippen LogP contribution in [0, 0.1) is 5.41 Å². The van der Waals surface area contributed by atoms with Gasteiger partial charge in [0.05, 0.1) is 24.5 Å². The summed E-state index contributed by atoms with van der Waals surface area (Å²) in [4.78, 5) is 39.7. The van der Waals surface area contributed by atoms with E-state index in [2.05, 4.69) is 33.1 Å². The van der Waals surface area contributed by atoms with Crippen molar-refractivity contribution in [2.24, 2.45) is 10.4 Å². The van der Waals surface area contributed by atoms with Crippen molar-refractivity contribution < 1.29 is 14.7 Å². The Morgan fingerprint density at radius 1 is 1.03 bits per heavy atom. The van der Waals surface area contributed by atoms with Gasteiger partial charge in [-0.3, -0.25) is 9.78 Å². The molecule has 2 fully saturated rings. The summed E-state index contributed by atoms with van der Waals surface area (Å²) in [5, 5.41) is 9.38. The molecule has 4 heterocycles. The lowest BCUT2D eigenvalue weighted by molar-refractivity contribution is -0.132. The molecule has 36 heavy (non-hydrogen) atoms. The molecule has 3 aliphatic heterocycles. The van der Waals surface area contributed by atoms with E-state index in [9.17, 15) is 14.7 Å². The molecule has 1 spiro atoms. The highest BCUT2D eigenvalue weighted by Gasteiger charge is 2.41. The summed E-state index contributed by atoms with van der Waals surface area (Å²) in [6.45, 7) is 4.00. The smallest absolute Gasteiger partial charge is 0.334 e. The fraction of sp³-hybridized carbons (Fsp3) is 0.429. The van der Waals surface area contributed by atoms with Gasteiger partial charge in [-0.05, 0) is 72.9 Å². The van der Waals surface area contributed by atoms with Gasteiger partial charge in [0, 0.05) is 56.0 Å². The van der Waals surface area contributed by atoms with Crippen molar-refractivity contribution in [3.63, 3.8) is 0 Å². The second kappa shape index (κ2) is 9.08. The first kappa shape index (κ1) is 22.8. The Bertz CT molecular complexity index is 1230. The molecule has 8 heteroatoms. The summed E-state index contributed by atoms with van der Waals surface area (Å²) in [6.07, 6.45) is 11.9. The van der Waals surface area contributed by atoms with Crippen LogP contribution in [0.15, 0.2) is 59.5 Å². The van der Waals surface area contributed by atoms with Gasteiger partial charge in [-0.1, -0.05) is 6.07 Å². The Kier molecular flexibility index (Phi) is 5.74. The monoisotopic (exact) mass is 485 g/mol. The number of hydrogen-bond donors (Lipinski definition) is 1. The zero-order valence-electron chi connectivity index (χ0n) is 20.3. The number of hydrogen-bond acceptors (Lipinski definition) is 6. The summed E-state index contributed by atoms with van der Waals surface area (Å²) in [6, 6.07) is 10.3. The van der Waals surface area contributed by atoms with Crippen molar-refractivity contribution in [2.75, 3.05) is 37.6 Å². The van der Waals surface area contributed by atoms with Crippen LogP contribution in [0.3, 0.4) is 0 Å². The van der Waals surface area contributed by atoms with E-state index >= 15 is 0 Å². The molecule has 0 radical (unpaired) electrons. The number of aryl methyl sites for hydroxylation is 1. The van der Waals surface area contributed by atoms with Gasteiger partial charge >= 0.3 is 5.97 Å². The summed E-state index contributed by atoms with van der Waals surface area (Å²) < 4.78 is 0. The fourth-order valence-corrected chi connectivity index (χ4v) is 6.34. The summed E-state index contributed by atoms with van der Waals surface area (Å²) >= 11 is 0. The van der Waals surface area contributed by atoms with Crippen LogP contribution < -0.4 is 4.90 Å². The molecular weight excluding hydrogens is 454 g/mol. The first-order chi connectivity index (χ1) is 17.5. The Labute approximate surface area is 210 Å². The van der Waals surface area contributed by atoms with E-state index in [1.807, 2.05) is 34.3 Å². The van der Waals surface area contributed by atoms with Crippen LogP contribution in [0.25, 0.3) is 0 Å². The summed E-state index contributed by atoms with van der Waals surface area (Å²) in [5.74, 6) is -0.839. The molecule has 0 unspecified atom stereocenters. The van der Waals surface area contributed by atoms with Gasteiger partial charge in [-0.2, -0.15) is 0 Å². The second-order valence-corrected chi connectivity index (χ2v) is 10.5. The number of piperidine rings is 1. The number of carbonyl (C=O) groups excluding carboxylic acids is 1. The van der Waals surface area contributed by atoms with E-state index in [4.69, 9.17) is 0 Å².